The van der Waals surface area contributed by atoms with Crippen molar-refractivity contribution >= 4 is 39.9 Å². The Morgan fingerprint density at radius 3 is 2.57 bits per heavy atom. The first-order chi connectivity index (χ1) is 11.0. The summed E-state index contributed by atoms with van der Waals surface area (Å²) in [4.78, 5) is 21.9. The van der Waals surface area contributed by atoms with Crippen LogP contribution in [-0.4, -0.2) is 39.1 Å². The predicted molar refractivity (Wildman–Crippen MR) is 90.9 cm³/mol. The van der Waals surface area contributed by atoms with Crippen LogP contribution in [0.2, 0.25) is 0 Å². The normalized spacial score (nSPS) is 11.7. The van der Waals surface area contributed by atoms with Crippen LogP contribution < -0.4 is 10.0 Å². The third-order valence-corrected chi connectivity index (χ3v) is 3.82. The zero-order valence-electron chi connectivity index (χ0n) is 13.0. The van der Waals surface area contributed by atoms with E-state index in [0.29, 0.717) is 10.6 Å². The molecule has 0 saturated heterocycles. The quantitative estimate of drug-likeness (QED) is 0.596. The molecule has 1 aromatic heterocycles. The van der Waals surface area contributed by atoms with Crippen LogP contribution in [0.25, 0.3) is 0 Å². The minimum atomic E-state index is -1.39. The SMILES string of the molecule is CO/N=C(/C(=O)[O-])c1csc(N=Cc2ccc(N(C)C)cc2)c1. The van der Waals surface area contributed by atoms with E-state index in [1.165, 1.54) is 18.4 Å². The summed E-state index contributed by atoms with van der Waals surface area (Å²) >= 11 is 1.31. The van der Waals surface area contributed by atoms with Crippen LogP contribution >= 0.6 is 11.3 Å². The number of benzene rings is 1. The van der Waals surface area contributed by atoms with E-state index >= 15 is 0 Å². The third-order valence-electron chi connectivity index (χ3n) is 2.99. The summed E-state index contributed by atoms with van der Waals surface area (Å²) in [6.07, 6.45) is 1.72. The fourth-order valence-electron chi connectivity index (χ4n) is 1.81. The van der Waals surface area contributed by atoms with Gasteiger partial charge in [-0.05, 0) is 23.8 Å². The molecule has 0 aliphatic heterocycles. The first-order valence-corrected chi connectivity index (χ1v) is 7.62. The number of carboxylic acids is 1. The van der Waals surface area contributed by atoms with Gasteiger partial charge in [0, 0.05) is 36.9 Å². The number of hydrogen-bond donors (Lipinski definition) is 0. The van der Waals surface area contributed by atoms with Crippen LogP contribution in [-0.2, 0) is 9.63 Å². The molecule has 0 N–H and O–H groups in total. The Morgan fingerprint density at radius 2 is 2.00 bits per heavy atom. The molecule has 120 valence electrons. The van der Waals surface area contributed by atoms with Gasteiger partial charge in [0.15, 0.2) is 0 Å². The topological polar surface area (TPSA) is 77.3 Å². The van der Waals surface area contributed by atoms with Crippen molar-refractivity contribution in [3.63, 3.8) is 0 Å². The molecule has 1 heterocycles. The van der Waals surface area contributed by atoms with Gasteiger partial charge in [-0.3, -0.25) is 0 Å². The third kappa shape index (κ3) is 4.40. The van der Waals surface area contributed by atoms with E-state index in [0.717, 1.165) is 11.3 Å². The molecule has 1 aromatic carbocycles. The minimum Gasteiger partial charge on any atom is -0.543 e. The smallest absolute Gasteiger partial charge is 0.133 e. The lowest BCUT2D eigenvalue weighted by Gasteiger charge is -2.11. The van der Waals surface area contributed by atoms with Crippen molar-refractivity contribution in [2.75, 3.05) is 26.1 Å². The Labute approximate surface area is 138 Å². The fourth-order valence-corrected chi connectivity index (χ4v) is 2.55. The van der Waals surface area contributed by atoms with Crippen LogP contribution in [0.3, 0.4) is 0 Å². The summed E-state index contributed by atoms with van der Waals surface area (Å²) in [5.74, 6) is -1.39. The Hall–Kier alpha value is -2.67. The van der Waals surface area contributed by atoms with Crippen molar-refractivity contribution in [1.29, 1.82) is 0 Å². The predicted octanol–water partition coefficient (Wildman–Crippen LogP) is 1.67. The Balaban J connectivity index is 2.15. The van der Waals surface area contributed by atoms with Crippen molar-refractivity contribution in [2.45, 2.75) is 0 Å². The lowest BCUT2D eigenvalue weighted by atomic mass is 10.2. The van der Waals surface area contributed by atoms with Crippen LogP contribution in [0, 0.1) is 0 Å². The molecule has 0 fully saturated rings. The fraction of sp³-hybridized carbons (Fsp3) is 0.188. The van der Waals surface area contributed by atoms with E-state index < -0.39 is 5.97 Å². The molecule has 0 saturated carbocycles. The largest absolute Gasteiger partial charge is 0.543 e. The number of nitrogens with zero attached hydrogens (tertiary/aromatic N) is 3. The molecule has 0 spiro atoms. The second-order valence-corrected chi connectivity index (χ2v) is 5.72. The van der Waals surface area contributed by atoms with E-state index in [-0.39, 0.29) is 5.71 Å². The summed E-state index contributed by atoms with van der Waals surface area (Å²) in [6, 6.07) is 9.56. The number of hydrogen-bond acceptors (Lipinski definition) is 7. The maximum Gasteiger partial charge on any atom is 0.133 e. The Bertz CT molecular complexity index is 733. The number of carbonyl (C=O) groups is 1. The number of rotatable bonds is 6. The van der Waals surface area contributed by atoms with E-state index in [9.17, 15) is 9.90 Å². The molecular formula is C16H16N3O3S-. The monoisotopic (exact) mass is 330 g/mol. The zero-order chi connectivity index (χ0) is 16.8. The van der Waals surface area contributed by atoms with Crippen molar-refractivity contribution in [2.24, 2.45) is 10.1 Å². The molecule has 0 aliphatic carbocycles. The molecule has 0 amide bonds. The van der Waals surface area contributed by atoms with Gasteiger partial charge in [0.2, 0.25) is 0 Å². The molecule has 0 radical (unpaired) electrons. The molecule has 0 atom stereocenters. The van der Waals surface area contributed by atoms with Crippen molar-refractivity contribution in [3.8, 4) is 0 Å². The van der Waals surface area contributed by atoms with Gasteiger partial charge in [-0.25, -0.2) is 4.99 Å². The summed E-state index contributed by atoms with van der Waals surface area (Å²) in [5.41, 5.74) is 2.22. The van der Waals surface area contributed by atoms with E-state index in [1.54, 1.807) is 17.7 Å². The molecule has 23 heavy (non-hydrogen) atoms. The number of aliphatic carboxylic acids is 1. The van der Waals surface area contributed by atoms with Crippen molar-refractivity contribution in [1.82, 2.24) is 0 Å². The van der Waals surface area contributed by atoms with Gasteiger partial charge in [-0.1, -0.05) is 17.3 Å². The highest BCUT2D eigenvalue weighted by Gasteiger charge is 2.08. The van der Waals surface area contributed by atoms with Crippen molar-refractivity contribution < 1.29 is 14.7 Å². The van der Waals surface area contributed by atoms with Gasteiger partial charge in [0.1, 0.15) is 17.8 Å². The summed E-state index contributed by atoms with van der Waals surface area (Å²) < 4.78 is 0. The van der Waals surface area contributed by atoms with Crippen LogP contribution in [0.15, 0.2) is 45.9 Å². The molecule has 2 aromatic rings. The van der Waals surface area contributed by atoms with Crippen LogP contribution in [0.4, 0.5) is 10.7 Å². The Morgan fingerprint density at radius 1 is 1.30 bits per heavy atom. The van der Waals surface area contributed by atoms with Gasteiger partial charge in [-0.2, -0.15) is 0 Å². The molecule has 0 bridgehead atoms. The number of carboxylic acid groups (broad SMARTS) is 1. The average Bonchev–Trinajstić information content (AvgIpc) is 2.99. The molecule has 0 unspecified atom stereocenters. The number of thiophene rings is 1. The summed E-state index contributed by atoms with van der Waals surface area (Å²) in [5, 5.41) is 16.8. The lowest BCUT2D eigenvalue weighted by Crippen LogP contribution is -2.32. The standard InChI is InChI=1S/C16H17N3O3S/c1-19(2)13-6-4-11(5-7-13)9-17-14-8-12(10-23-14)15(16(20)21)18-22-3/h4-10H,1-3H3,(H,20,21)/p-1/b17-9?,18-15+. The van der Waals surface area contributed by atoms with Crippen LogP contribution in [0.1, 0.15) is 11.1 Å². The number of anilines is 1. The molecule has 0 aliphatic rings. The van der Waals surface area contributed by atoms with Gasteiger partial charge in [-0.15, -0.1) is 11.3 Å². The first kappa shape index (κ1) is 16.7. The van der Waals surface area contributed by atoms with Gasteiger partial charge in [0.05, 0.1) is 5.97 Å². The highest BCUT2D eigenvalue weighted by Crippen LogP contribution is 2.24. The van der Waals surface area contributed by atoms with Crippen LogP contribution in [0.5, 0.6) is 0 Å². The highest BCUT2D eigenvalue weighted by molar-refractivity contribution is 7.14. The number of oxime groups is 1. The minimum absolute atomic E-state index is 0.250. The maximum absolute atomic E-state index is 11.0. The van der Waals surface area contributed by atoms with Gasteiger partial charge in [0.25, 0.3) is 0 Å². The molecule has 7 heteroatoms. The Kier molecular flexibility index (Phi) is 5.48. The first-order valence-electron chi connectivity index (χ1n) is 6.74. The summed E-state index contributed by atoms with van der Waals surface area (Å²) in [6.45, 7) is 0. The second-order valence-electron chi connectivity index (χ2n) is 4.83. The zero-order valence-corrected chi connectivity index (χ0v) is 13.8. The average molecular weight is 330 g/mol. The lowest BCUT2D eigenvalue weighted by molar-refractivity contribution is -0.294. The number of aliphatic imine (C=N–C) groups is 1. The maximum atomic E-state index is 11.0. The molecule has 6 nitrogen and oxygen atoms in total. The molecular weight excluding hydrogens is 314 g/mol. The highest BCUT2D eigenvalue weighted by atomic mass is 32.1. The van der Waals surface area contributed by atoms with E-state index in [2.05, 4.69) is 15.0 Å². The van der Waals surface area contributed by atoms with Crippen molar-refractivity contribution in [3.05, 3.63) is 46.8 Å². The van der Waals surface area contributed by atoms with Gasteiger partial charge >= 0.3 is 0 Å². The summed E-state index contributed by atoms with van der Waals surface area (Å²) in [7, 11) is 5.24. The van der Waals surface area contributed by atoms with Gasteiger partial charge < -0.3 is 19.6 Å². The van der Waals surface area contributed by atoms with E-state index in [4.69, 9.17) is 0 Å². The molecule has 2 rings (SSSR count). The van der Waals surface area contributed by atoms with E-state index in [1.807, 2.05) is 43.3 Å². The second kappa shape index (κ2) is 7.55. The number of carbonyl (C=O) groups excluding carboxylic acids is 1.